The van der Waals surface area contributed by atoms with Gasteiger partial charge in [0.25, 0.3) is 0 Å². The summed E-state index contributed by atoms with van der Waals surface area (Å²) >= 11 is 0. The smallest absolute Gasteiger partial charge is 0.409 e. The van der Waals surface area contributed by atoms with Crippen LogP contribution in [0.5, 0.6) is 0 Å². The molecule has 12 nitrogen and oxygen atoms in total. The molecule has 0 atom stereocenters. The number of fused-ring (bicyclic) bond motifs is 1. The van der Waals surface area contributed by atoms with E-state index in [1.54, 1.807) is 15.8 Å². The Labute approximate surface area is 228 Å². The fourth-order valence-electron chi connectivity index (χ4n) is 5.37. The normalized spacial score (nSPS) is 20.4. The van der Waals surface area contributed by atoms with Crippen molar-refractivity contribution < 1.29 is 9.53 Å². The summed E-state index contributed by atoms with van der Waals surface area (Å²) < 4.78 is 6.58. The van der Waals surface area contributed by atoms with Crippen LogP contribution in [0.15, 0.2) is 24.5 Å². The Morgan fingerprint density at radius 3 is 2.49 bits per heavy atom. The molecule has 3 aromatic heterocycles. The van der Waals surface area contributed by atoms with Gasteiger partial charge in [-0.05, 0) is 51.7 Å². The number of pyridine rings is 1. The van der Waals surface area contributed by atoms with Gasteiger partial charge in [0.1, 0.15) is 5.52 Å². The summed E-state index contributed by atoms with van der Waals surface area (Å²) in [5, 5.41) is 20.8. The van der Waals surface area contributed by atoms with Crippen LogP contribution in [0.1, 0.15) is 45.2 Å². The zero-order chi connectivity index (χ0) is 27.6. The average molecular weight is 533 g/mol. The second kappa shape index (κ2) is 11.0. The number of nitrogens with one attached hydrogen (secondary N) is 2. The van der Waals surface area contributed by atoms with Gasteiger partial charge >= 0.3 is 6.09 Å². The highest BCUT2D eigenvalue weighted by Crippen LogP contribution is 2.30. The van der Waals surface area contributed by atoms with Crippen LogP contribution in [0.3, 0.4) is 0 Å². The number of hydrogen-bond donors (Lipinski definition) is 2. The molecule has 1 aliphatic heterocycles. The zero-order valence-electron chi connectivity index (χ0n) is 23.0. The van der Waals surface area contributed by atoms with Gasteiger partial charge in [0, 0.05) is 51.5 Å². The third kappa shape index (κ3) is 5.88. The topological polar surface area (TPSA) is 137 Å². The number of piperazine rings is 1. The molecular weight excluding hydrogens is 496 g/mol. The lowest BCUT2D eigenvalue weighted by Gasteiger charge is -2.41. The minimum Gasteiger partial charge on any atom is -0.453 e. The second-order valence-electron chi connectivity index (χ2n) is 10.9. The van der Waals surface area contributed by atoms with Crippen LogP contribution < -0.4 is 10.6 Å². The minimum absolute atomic E-state index is 0.244. The van der Waals surface area contributed by atoms with E-state index in [9.17, 15) is 10.1 Å². The molecular formula is C27H36N10O2. The van der Waals surface area contributed by atoms with E-state index in [0.29, 0.717) is 47.6 Å². The van der Waals surface area contributed by atoms with Crippen molar-refractivity contribution in [3.63, 3.8) is 0 Å². The van der Waals surface area contributed by atoms with E-state index in [1.807, 2.05) is 39.2 Å². The maximum atomic E-state index is 11.8. The van der Waals surface area contributed by atoms with E-state index in [0.717, 1.165) is 44.5 Å². The number of carbonyl (C=O) groups excluding carboxylic acids is 1. The van der Waals surface area contributed by atoms with Crippen LogP contribution in [-0.2, 0) is 17.2 Å². The molecule has 1 saturated carbocycles. The summed E-state index contributed by atoms with van der Waals surface area (Å²) in [7, 11) is 3.29. The van der Waals surface area contributed by atoms with Gasteiger partial charge in [-0.1, -0.05) is 0 Å². The number of aryl methyl sites for hydroxylation is 1. The maximum absolute atomic E-state index is 11.8. The number of rotatable bonds is 6. The summed E-state index contributed by atoms with van der Waals surface area (Å²) in [5.41, 5.74) is 2.12. The summed E-state index contributed by atoms with van der Waals surface area (Å²) in [6.45, 7) is 6.88. The van der Waals surface area contributed by atoms with Crippen LogP contribution in [0.25, 0.3) is 11.0 Å². The van der Waals surface area contributed by atoms with Gasteiger partial charge in [-0.15, -0.1) is 0 Å². The SMILES string of the molecule is COC(=O)N1CCN(C2CCC(Nc3nc(Nc4cnn(C)c4)nc4ccc(C(C)(C)C#N)nc34)CC2)CC1. The largest absolute Gasteiger partial charge is 0.453 e. The molecule has 3 aromatic rings. The lowest BCUT2D eigenvalue weighted by Crippen LogP contribution is -2.53. The van der Waals surface area contributed by atoms with Crippen molar-refractivity contribution in [3.8, 4) is 6.07 Å². The fourth-order valence-corrected chi connectivity index (χ4v) is 5.37. The second-order valence-corrected chi connectivity index (χ2v) is 10.9. The number of anilines is 3. The highest BCUT2D eigenvalue weighted by atomic mass is 16.5. The number of nitrogens with zero attached hydrogens (tertiary/aromatic N) is 8. The van der Waals surface area contributed by atoms with Crippen LogP contribution >= 0.6 is 0 Å². The van der Waals surface area contributed by atoms with Gasteiger partial charge in [0.05, 0.1) is 41.7 Å². The third-order valence-electron chi connectivity index (χ3n) is 7.72. The van der Waals surface area contributed by atoms with Crippen molar-refractivity contribution in [2.75, 3.05) is 43.9 Å². The van der Waals surface area contributed by atoms with E-state index in [-0.39, 0.29) is 12.1 Å². The molecule has 0 unspecified atom stereocenters. The lowest BCUT2D eigenvalue weighted by atomic mass is 9.89. The van der Waals surface area contributed by atoms with Crippen molar-refractivity contribution >= 4 is 34.6 Å². The van der Waals surface area contributed by atoms with Crippen molar-refractivity contribution in [1.29, 1.82) is 5.26 Å². The molecule has 0 aromatic carbocycles. The van der Waals surface area contributed by atoms with Gasteiger partial charge in [-0.25, -0.2) is 14.8 Å². The number of nitriles is 1. The van der Waals surface area contributed by atoms with Crippen molar-refractivity contribution in [2.45, 2.75) is 57.0 Å². The molecule has 1 amide bonds. The van der Waals surface area contributed by atoms with Gasteiger partial charge in [-0.3, -0.25) is 9.58 Å². The highest BCUT2D eigenvalue weighted by molar-refractivity contribution is 5.87. The van der Waals surface area contributed by atoms with E-state index >= 15 is 0 Å². The van der Waals surface area contributed by atoms with Crippen molar-refractivity contribution in [2.24, 2.45) is 7.05 Å². The predicted octanol–water partition coefficient (Wildman–Crippen LogP) is 3.41. The Balaban J connectivity index is 1.32. The molecule has 39 heavy (non-hydrogen) atoms. The molecule has 206 valence electrons. The van der Waals surface area contributed by atoms with Crippen LogP contribution in [0.4, 0.5) is 22.2 Å². The highest BCUT2D eigenvalue weighted by Gasteiger charge is 2.30. The van der Waals surface area contributed by atoms with Crippen LogP contribution in [0.2, 0.25) is 0 Å². The summed E-state index contributed by atoms with van der Waals surface area (Å²) in [6, 6.07) is 6.86. The van der Waals surface area contributed by atoms with E-state index < -0.39 is 5.41 Å². The Morgan fingerprint density at radius 2 is 1.85 bits per heavy atom. The zero-order valence-corrected chi connectivity index (χ0v) is 23.0. The first-order valence-electron chi connectivity index (χ1n) is 13.5. The third-order valence-corrected chi connectivity index (χ3v) is 7.72. The summed E-state index contributed by atoms with van der Waals surface area (Å²) in [6.07, 6.45) is 7.49. The van der Waals surface area contributed by atoms with Gasteiger partial charge in [-0.2, -0.15) is 15.3 Å². The molecule has 12 heteroatoms. The molecule has 0 spiro atoms. The first-order valence-corrected chi connectivity index (χ1v) is 13.5. The quantitative estimate of drug-likeness (QED) is 0.486. The summed E-state index contributed by atoms with van der Waals surface area (Å²) in [4.78, 5) is 30.4. The van der Waals surface area contributed by atoms with Gasteiger partial charge < -0.3 is 20.3 Å². The standard InChI is InChI=1S/C27H36N10O2/c1-27(2,17-28)22-10-9-21-23(33-22)24(34-25(32-21)31-19-15-29-35(3)16-19)30-18-5-7-20(8-6-18)36-11-13-37(14-12-36)26(38)39-4/h9-10,15-16,18,20H,5-8,11-14H2,1-4H3,(H2,30,31,32,34). The maximum Gasteiger partial charge on any atom is 0.409 e. The number of aromatic nitrogens is 5. The molecule has 1 saturated heterocycles. The molecule has 4 heterocycles. The average Bonchev–Trinajstić information content (AvgIpc) is 3.37. The Morgan fingerprint density at radius 1 is 1.10 bits per heavy atom. The summed E-state index contributed by atoms with van der Waals surface area (Å²) in [5.74, 6) is 1.13. The monoisotopic (exact) mass is 532 g/mol. The minimum atomic E-state index is -0.728. The molecule has 0 radical (unpaired) electrons. The fraction of sp³-hybridized carbons (Fsp3) is 0.556. The van der Waals surface area contributed by atoms with Crippen molar-refractivity contribution in [3.05, 3.63) is 30.2 Å². The lowest BCUT2D eigenvalue weighted by molar-refractivity contribution is 0.0642. The Kier molecular flexibility index (Phi) is 7.52. The van der Waals surface area contributed by atoms with E-state index in [1.165, 1.54) is 7.11 Å². The molecule has 5 rings (SSSR count). The van der Waals surface area contributed by atoms with Crippen LogP contribution in [-0.4, -0.2) is 86.0 Å². The van der Waals surface area contributed by atoms with Gasteiger partial charge in [0.2, 0.25) is 5.95 Å². The molecule has 2 aliphatic rings. The number of methoxy groups -OCH3 is 1. The van der Waals surface area contributed by atoms with Crippen LogP contribution in [0, 0.1) is 11.3 Å². The van der Waals surface area contributed by atoms with E-state index in [4.69, 9.17) is 19.7 Å². The number of amides is 1. The predicted molar refractivity (Wildman–Crippen MR) is 148 cm³/mol. The first kappa shape index (κ1) is 26.6. The number of hydrogen-bond acceptors (Lipinski definition) is 10. The van der Waals surface area contributed by atoms with Crippen molar-refractivity contribution in [1.82, 2.24) is 34.5 Å². The molecule has 0 bridgehead atoms. The molecule has 2 fully saturated rings. The van der Waals surface area contributed by atoms with E-state index in [2.05, 4.69) is 26.7 Å². The Hall–Kier alpha value is -3.98. The molecule has 1 aliphatic carbocycles. The Bertz CT molecular complexity index is 1360. The molecule has 2 N–H and O–H groups in total. The first-order chi connectivity index (χ1) is 18.8. The van der Waals surface area contributed by atoms with Gasteiger partial charge in [0.15, 0.2) is 5.82 Å². The number of ether oxygens (including phenoxy) is 1. The number of carbonyl (C=O) groups is 1.